The van der Waals surface area contributed by atoms with Gasteiger partial charge in [-0.05, 0) is 6.42 Å². The molecule has 0 aromatic rings. The Labute approximate surface area is 64.6 Å². The Balaban J connectivity index is 0. The third kappa shape index (κ3) is 27.8. The maximum absolute atomic E-state index is 4.92. The first-order chi connectivity index (χ1) is 4.68. The van der Waals surface area contributed by atoms with E-state index >= 15 is 0 Å². The normalized spacial score (nSPS) is 7.00. The maximum Gasteiger partial charge on any atom is 0.0143 e. The average Bonchev–Trinajstić information content (AvgIpc) is 1.91. The second-order valence-electron chi connectivity index (χ2n) is 2.13. The summed E-state index contributed by atoms with van der Waals surface area (Å²) in [6.45, 7) is 10.9. The van der Waals surface area contributed by atoms with Crippen LogP contribution in [-0.2, 0) is 0 Å². The highest BCUT2D eigenvalue weighted by molar-refractivity contribution is 4.86. The van der Waals surface area contributed by atoms with E-state index in [4.69, 9.17) is 6.42 Å². The number of allylic oxidation sites excluding steroid dienone is 2. The van der Waals surface area contributed by atoms with Gasteiger partial charge in [-0.2, -0.15) is 0 Å². The Hall–Kier alpha value is -0.960. The molecule has 10 heavy (non-hydrogen) atoms. The second-order valence-corrected chi connectivity index (χ2v) is 2.13. The molecule has 0 nitrogen and oxygen atoms in total. The predicted molar refractivity (Wildman–Crippen MR) is 48.7 cm³/mol. The molecule has 0 saturated heterocycles. The summed E-state index contributed by atoms with van der Waals surface area (Å²) < 4.78 is 0. The lowest BCUT2D eigenvalue weighted by atomic mass is 10.2. The number of terminal acetylenes is 1. The lowest BCUT2D eigenvalue weighted by Crippen LogP contribution is -1.72. The van der Waals surface area contributed by atoms with Gasteiger partial charge in [0, 0.05) is 5.92 Å². The lowest BCUT2D eigenvalue weighted by molar-refractivity contribution is 0.868. The highest BCUT2D eigenvalue weighted by Crippen LogP contribution is 1.81. The molecular formula is C10H16. The van der Waals surface area contributed by atoms with Crippen LogP contribution in [0.1, 0.15) is 20.3 Å². The van der Waals surface area contributed by atoms with E-state index < -0.39 is 0 Å². The van der Waals surface area contributed by atoms with E-state index in [2.05, 4.69) is 19.1 Å². The van der Waals surface area contributed by atoms with Crippen molar-refractivity contribution in [3.05, 3.63) is 25.3 Å². The van der Waals surface area contributed by atoms with Gasteiger partial charge in [-0.15, -0.1) is 25.5 Å². The van der Waals surface area contributed by atoms with Crippen molar-refractivity contribution in [3.8, 4) is 12.3 Å². The Morgan fingerprint density at radius 2 is 1.70 bits per heavy atom. The summed E-state index contributed by atoms with van der Waals surface area (Å²) in [6.07, 6.45) is 9.46. The minimum absolute atomic E-state index is 0.412. The molecule has 0 fully saturated rings. The van der Waals surface area contributed by atoms with Crippen LogP contribution in [0.2, 0.25) is 0 Å². The quantitative estimate of drug-likeness (QED) is 0.404. The van der Waals surface area contributed by atoms with Gasteiger partial charge < -0.3 is 0 Å². The molecule has 0 aromatic heterocycles. The van der Waals surface area contributed by atoms with Crippen molar-refractivity contribution in [1.29, 1.82) is 0 Å². The van der Waals surface area contributed by atoms with E-state index in [1.165, 1.54) is 0 Å². The molecule has 0 heteroatoms. The fourth-order valence-corrected chi connectivity index (χ4v) is 0.118. The molecule has 0 aromatic carbocycles. The van der Waals surface area contributed by atoms with Crippen LogP contribution in [0.5, 0.6) is 0 Å². The number of rotatable bonds is 2. The molecule has 0 aliphatic heterocycles. The predicted octanol–water partition coefficient (Wildman–Crippen LogP) is 3.02. The van der Waals surface area contributed by atoms with Crippen molar-refractivity contribution in [1.82, 2.24) is 0 Å². The summed E-state index contributed by atoms with van der Waals surface area (Å²) in [5.74, 6) is 2.94. The largest absolute Gasteiger partial charge is 0.120 e. The molecule has 0 heterocycles. The fraction of sp³-hybridized carbons (Fsp3) is 0.400. The van der Waals surface area contributed by atoms with Crippen molar-refractivity contribution >= 4 is 0 Å². The topological polar surface area (TPSA) is 0 Å². The molecule has 0 saturated carbocycles. The van der Waals surface area contributed by atoms with Gasteiger partial charge in [0.1, 0.15) is 0 Å². The molecule has 0 N–H and O–H groups in total. The summed E-state index contributed by atoms with van der Waals surface area (Å²) in [7, 11) is 0. The standard InChI is InChI=1S/2C5H8/c1-4-5(2)3;1-3-5-4-2/h1,5H,2-3H3;3-4H,1-2,5H2. The lowest BCUT2D eigenvalue weighted by Gasteiger charge is -1.80. The van der Waals surface area contributed by atoms with Crippen LogP contribution >= 0.6 is 0 Å². The molecule has 0 bridgehead atoms. The van der Waals surface area contributed by atoms with Crippen LogP contribution < -0.4 is 0 Å². The van der Waals surface area contributed by atoms with E-state index in [0.717, 1.165) is 6.42 Å². The Morgan fingerprint density at radius 3 is 1.70 bits per heavy atom. The smallest absolute Gasteiger partial charge is 0.0143 e. The zero-order valence-electron chi connectivity index (χ0n) is 6.93. The summed E-state index contributed by atoms with van der Waals surface area (Å²) in [5.41, 5.74) is 0. The molecule has 0 radical (unpaired) electrons. The van der Waals surface area contributed by atoms with Gasteiger partial charge in [-0.1, -0.05) is 26.0 Å². The third-order valence-corrected chi connectivity index (χ3v) is 0.667. The molecule has 0 atom stereocenters. The van der Waals surface area contributed by atoms with E-state index in [0.29, 0.717) is 5.92 Å². The number of hydrogen-bond donors (Lipinski definition) is 0. The van der Waals surface area contributed by atoms with Crippen LogP contribution in [0.25, 0.3) is 0 Å². The van der Waals surface area contributed by atoms with Gasteiger partial charge >= 0.3 is 0 Å². The third-order valence-electron chi connectivity index (χ3n) is 0.667. The van der Waals surface area contributed by atoms with E-state index in [9.17, 15) is 0 Å². The second kappa shape index (κ2) is 10.9. The Kier molecular flexibility index (Phi) is 12.9. The summed E-state index contributed by atoms with van der Waals surface area (Å²) in [5, 5.41) is 0. The minimum atomic E-state index is 0.412. The highest BCUT2D eigenvalue weighted by atomic mass is 13.8. The van der Waals surface area contributed by atoms with Gasteiger partial charge in [-0.3, -0.25) is 0 Å². The zero-order valence-corrected chi connectivity index (χ0v) is 6.93. The fourth-order valence-electron chi connectivity index (χ4n) is 0.118. The van der Waals surface area contributed by atoms with Crippen LogP contribution in [0.4, 0.5) is 0 Å². The summed E-state index contributed by atoms with van der Waals surface area (Å²) >= 11 is 0. The molecule has 0 spiro atoms. The van der Waals surface area contributed by atoms with Gasteiger partial charge in [0.25, 0.3) is 0 Å². The van der Waals surface area contributed by atoms with Gasteiger partial charge in [-0.25, -0.2) is 0 Å². The molecule has 56 valence electrons. The van der Waals surface area contributed by atoms with Gasteiger partial charge in [0.15, 0.2) is 0 Å². The van der Waals surface area contributed by atoms with Gasteiger partial charge in [0.05, 0.1) is 0 Å². The molecule has 0 rings (SSSR count). The maximum atomic E-state index is 4.92. The molecular weight excluding hydrogens is 120 g/mol. The van der Waals surface area contributed by atoms with Crippen LogP contribution in [0, 0.1) is 18.3 Å². The van der Waals surface area contributed by atoms with Gasteiger partial charge in [0.2, 0.25) is 0 Å². The van der Waals surface area contributed by atoms with Crippen molar-refractivity contribution in [2.75, 3.05) is 0 Å². The van der Waals surface area contributed by atoms with E-state index in [1.54, 1.807) is 0 Å². The Bertz CT molecular complexity index is 106. The molecule has 0 aliphatic rings. The van der Waals surface area contributed by atoms with Crippen LogP contribution in [0.15, 0.2) is 25.3 Å². The minimum Gasteiger partial charge on any atom is -0.120 e. The first-order valence-electron chi connectivity index (χ1n) is 3.37. The van der Waals surface area contributed by atoms with Crippen LogP contribution in [-0.4, -0.2) is 0 Å². The SMILES string of the molecule is C#CC(C)C.C=CCC=C. The van der Waals surface area contributed by atoms with Crippen molar-refractivity contribution < 1.29 is 0 Å². The number of hydrogen-bond acceptors (Lipinski definition) is 0. The average molecular weight is 136 g/mol. The van der Waals surface area contributed by atoms with E-state index in [1.807, 2.05) is 26.0 Å². The summed E-state index contributed by atoms with van der Waals surface area (Å²) in [4.78, 5) is 0. The monoisotopic (exact) mass is 136 g/mol. The highest BCUT2D eigenvalue weighted by Gasteiger charge is 1.74. The van der Waals surface area contributed by atoms with Crippen molar-refractivity contribution in [3.63, 3.8) is 0 Å². The van der Waals surface area contributed by atoms with Crippen molar-refractivity contribution in [2.24, 2.45) is 5.92 Å². The van der Waals surface area contributed by atoms with E-state index in [-0.39, 0.29) is 0 Å². The Morgan fingerprint density at radius 1 is 1.40 bits per heavy atom. The molecule has 0 aliphatic carbocycles. The summed E-state index contributed by atoms with van der Waals surface area (Å²) in [6, 6.07) is 0. The zero-order chi connectivity index (χ0) is 8.41. The first kappa shape index (κ1) is 11.8. The molecule has 0 amide bonds. The van der Waals surface area contributed by atoms with Crippen LogP contribution in [0.3, 0.4) is 0 Å². The first-order valence-corrected chi connectivity index (χ1v) is 3.37. The molecule has 0 unspecified atom stereocenters. The van der Waals surface area contributed by atoms with Crippen molar-refractivity contribution in [2.45, 2.75) is 20.3 Å².